The highest BCUT2D eigenvalue weighted by molar-refractivity contribution is 6.14. The van der Waals surface area contributed by atoms with Crippen LogP contribution in [0.3, 0.4) is 0 Å². The Morgan fingerprint density at radius 3 is 1.26 bits per heavy atom. The lowest BCUT2D eigenvalue weighted by Gasteiger charge is -2.10. The molecule has 266 valence electrons. The highest BCUT2D eigenvalue weighted by atomic mass is 16.3. The summed E-state index contributed by atoms with van der Waals surface area (Å²) in [5, 5.41) is 11.0. The highest BCUT2D eigenvalue weighted by Gasteiger charge is 2.21. The zero-order valence-electron chi connectivity index (χ0n) is 30.3. The molecule has 0 N–H and O–H groups in total. The summed E-state index contributed by atoms with van der Waals surface area (Å²) in [7, 11) is 0. The van der Waals surface area contributed by atoms with Gasteiger partial charge in [-0.2, -0.15) is 5.26 Å². The van der Waals surface area contributed by atoms with Crippen LogP contribution in [0.4, 0.5) is 0 Å². The van der Waals surface area contributed by atoms with Gasteiger partial charge in [-0.05, 0) is 35.4 Å². The van der Waals surface area contributed by atoms with Gasteiger partial charge in [0.1, 0.15) is 11.2 Å². The Morgan fingerprint density at radius 1 is 0.351 bits per heavy atom. The summed E-state index contributed by atoms with van der Waals surface area (Å²) in [5.74, 6) is 3.28. The molecule has 3 aromatic heterocycles. The van der Waals surface area contributed by atoms with Crippen LogP contribution in [0, 0.1) is 11.3 Å². The number of nitriles is 1. The van der Waals surface area contributed by atoms with Crippen molar-refractivity contribution in [3.63, 3.8) is 0 Å². The van der Waals surface area contributed by atoms with Crippen molar-refractivity contribution in [1.29, 1.82) is 5.26 Å². The Morgan fingerprint density at radius 2 is 0.754 bits per heavy atom. The van der Waals surface area contributed by atoms with Crippen LogP contribution in [0.2, 0.25) is 0 Å². The number of hydrogen-bond acceptors (Lipinski definition) is 8. The van der Waals surface area contributed by atoms with Crippen molar-refractivity contribution in [2.24, 2.45) is 0 Å². The van der Waals surface area contributed by atoms with Gasteiger partial charge in [0.05, 0.1) is 17.2 Å². The van der Waals surface area contributed by atoms with Crippen LogP contribution in [0.15, 0.2) is 180 Å². The molecule has 10 rings (SSSR count). The third-order valence-corrected chi connectivity index (χ3v) is 9.86. The van der Waals surface area contributed by atoms with E-state index in [1.54, 1.807) is 0 Å². The Hall–Kier alpha value is -8.15. The lowest BCUT2D eigenvalue weighted by atomic mass is 10.0. The Labute approximate surface area is 327 Å². The predicted molar refractivity (Wildman–Crippen MR) is 223 cm³/mol. The fraction of sp³-hybridized carbons (Fsp3) is 0. The van der Waals surface area contributed by atoms with Crippen LogP contribution in [-0.4, -0.2) is 29.9 Å². The summed E-state index contributed by atoms with van der Waals surface area (Å²) in [5.41, 5.74) is 9.06. The van der Waals surface area contributed by atoms with Gasteiger partial charge in [0, 0.05) is 38.6 Å². The smallest absolute Gasteiger partial charge is 0.167 e. The van der Waals surface area contributed by atoms with E-state index in [-0.39, 0.29) is 0 Å². The Balaban J connectivity index is 1.13. The van der Waals surface area contributed by atoms with Gasteiger partial charge < -0.3 is 4.42 Å². The van der Waals surface area contributed by atoms with E-state index in [1.807, 2.05) is 176 Å². The van der Waals surface area contributed by atoms with Gasteiger partial charge in [0.25, 0.3) is 0 Å². The molecule has 10 aromatic rings. The highest BCUT2D eigenvalue weighted by Crippen LogP contribution is 2.40. The van der Waals surface area contributed by atoms with Crippen LogP contribution >= 0.6 is 0 Å². The molecule has 0 fully saturated rings. The monoisotopic (exact) mass is 731 g/mol. The number of furan rings is 1. The fourth-order valence-corrected chi connectivity index (χ4v) is 7.03. The third kappa shape index (κ3) is 6.35. The maximum Gasteiger partial charge on any atom is 0.167 e. The van der Waals surface area contributed by atoms with Crippen molar-refractivity contribution in [3.05, 3.63) is 181 Å². The summed E-state index contributed by atoms with van der Waals surface area (Å²) in [4.78, 5) is 30.0. The second-order valence-electron chi connectivity index (χ2n) is 13.4. The first-order valence-corrected chi connectivity index (χ1v) is 18.4. The molecule has 0 radical (unpaired) electrons. The minimum absolute atomic E-state index is 0.507. The van der Waals surface area contributed by atoms with E-state index in [0.717, 1.165) is 55.3 Å². The third-order valence-electron chi connectivity index (χ3n) is 9.86. The van der Waals surface area contributed by atoms with Crippen LogP contribution < -0.4 is 0 Å². The number of benzene rings is 7. The standard InChI is InChI=1S/C49H29N7O/c50-30-31-22-24-32(25-23-31)33-26-28-37(29-27-33)47-52-44(34-12-4-1-5-13-34)53-48(54-47)39-19-11-21-41-42(39)38-18-10-20-40(43(38)57-41)49-55-45(35-14-6-2-7-15-35)51-46(56-49)36-16-8-3-9-17-36/h1-29H. The molecule has 8 nitrogen and oxygen atoms in total. The molecule has 0 unspecified atom stereocenters. The van der Waals surface area contributed by atoms with Gasteiger partial charge in [-0.3, -0.25) is 0 Å². The minimum Gasteiger partial charge on any atom is -0.455 e. The quantitative estimate of drug-likeness (QED) is 0.159. The van der Waals surface area contributed by atoms with Crippen molar-refractivity contribution in [3.8, 4) is 85.5 Å². The Kier molecular flexibility index (Phi) is 8.36. The molecule has 0 aliphatic carbocycles. The van der Waals surface area contributed by atoms with E-state index in [4.69, 9.17) is 34.3 Å². The molecule has 0 saturated heterocycles. The molecule has 0 amide bonds. The second-order valence-corrected chi connectivity index (χ2v) is 13.4. The molecule has 7 aromatic carbocycles. The number of fused-ring (bicyclic) bond motifs is 3. The Bertz CT molecular complexity index is 3050. The van der Waals surface area contributed by atoms with Crippen molar-refractivity contribution in [1.82, 2.24) is 29.9 Å². The molecule has 8 heteroatoms. The zero-order chi connectivity index (χ0) is 38.1. The number of para-hydroxylation sites is 1. The van der Waals surface area contributed by atoms with Gasteiger partial charge in [-0.25, -0.2) is 29.9 Å². The molecule has 0 spiro atoms. The molecule has 0 aliphatic heterocycles. The lowest BCUT2D eigenvalue weighted by molar-refractivity contribution is 0.669. The molecule has 0 bridgehead atoms. The van der Waals surface area contributed by atoms with E-state index >= 15 is 0 Å². The zero-order valence-corrected chi connectivity index (χ0v) is 30.3. The van der Waals surface area contributed by atoms with E-state index in [0.29, 0.717) is 51.7 Å². The topological polar surface area (TPSA) is 114 Å². The normalized spacial score (nSPS) is 11.1. The summed E-state index contributed by atoms with van der Waals surface area (Å²) in [6.45, 7) is 0. The van der Waals surface area contributed by atoms with E-state index in [2.05, 4.69) is 6.07 Å². The average molecular weight is 732 g/mol. The van der Waals surface area contributed by atoms with E-state index in [9.17, 15) is 5.26 Å². The summed E-state index contributed by atoms with van der Waals surface area (Å²) in [6.07, 6.45) is 0. The van der Waals surface area contributed by atoms with Crippen LogP contribution in [0.5, 0.6) is 0 Å². The van der Waals surface area contributed by atoms with Crippen molar-refractivity contribution < 1.29 is 4.42 Å². The van der Waals surface area contributed by atoms with Crippen molar-refractivity contribution in [2.75, 3.05) is 0 Å². The molecule has 0 aliphatic rings. The van der Waals surface area contributed by atoms with Crippen LogP contribution in [0.1, 0.15) is 5.56 Å². The SMILES string of the molecule is N#Cc1ccc(-c2ccc(-c3nc(-c4ccccc4)nc(-c4cccc5oc6c(-c7nc(-c8ccccc8)nc(-c8ccccc8)n7)cccc6c45)n3)cc2)cc1. The maximum atomic E-state index is 9.24. The van der Waals surface area contributed by atoms with Crippen LogP contribution in [0.25, 0.3) is 101 Å². The molecular formula is C49H29N7O. The molecular weight excluding hydrogens is 703 g/mol. The number of hydrogen-bond donors (Lipinski definition) is 0. The molecule has 0 atom stereocenters. The minimum atomic E-state index is 0.507. The first-order valence-electron chi connectivity index (χ1n) is 18.4. The molecule has 0 saturated carbocycles. The predicted octanol–water partition coefficient (Wildman–Crippen LogP) is 11.5. The lowest BCUT2D eigenvalue weighted by Crippen LogP contribution is -2.00. The summed E-state index contributed by atoms with van der Waals surface area (Å²) in [6, 6.07) is 59.6. The fourth-order valence-electron chi connectivity index (χ4n) is 7.03. The second kappa shape index (κ2) is 14.3. The largest absolute Gasteiger partial charge is 0.455 e. The van der Waals surface area contributed by atoms with Crippen molar-refractivity contribution in [2.45, 2.75) is 0 Å². The maximum absolute atomic E-state index is 9.24. The van der Waals surface area contributed by atoms with Crippen LogP contribution in [-0.2, 0) is 0 Å². The number of aromatic nitrogens is 6. The molecule has 57 heavy (non-hydrogen) atoms. The summed E-state index contributed by atoms with van der Waals surface area (Å²) >= 11 is 0. The number of rotatable bonds is 7. The first-order chi connectivity index (χ1) is 28.2. The van der Waals surface area contributed by atoms with Gasteiger partial charge in [0.2, 0.25) is 0 Å². The average Bonchev–Trinajstić information content (AvgIpc) is 3.69. The van der Waals surface area contributed by atoms with E-state index < -0.39 is 0 Å². The molecule has 3 heterocycles. The first kappa shape index (κ1) is 33.4. The van der Waals surface area contributed by atoms with Crippen molar-refractivity contribution >= 4 is 21.9 Å². The van der Waals surface area contributed by atoms with E-state index in [1.165, 1.54) is 0 Å². The van der Waals surface area contributed by atoms with Gasteiger partial charge in [0.15, 0.2) is 34.9 Å². The van der Waals surface area contributed by atoms with Gasteiger partial charge in [-0.15, -0.1) is 0 Å². The van der Waals surface area contributed by atoms with Gasteiger partial charge in [-0.1, -0.05) is 152 Å². The van der Waals surface area contributed by atoms with Gasteiger partial charge >= 0.3 is 0 Å². The summed E-state index contributed by atoms with van der Waals surface area (Å²) < 4.78 is 6.70. The number of nitrogens with zero attached hydrogens (tertiary/aromatic N) is 7.